The molecule has 0 aromatic heterocycles. The second kappa shape index (κ2) is 7.66. The zero-order valence-corrected chi connectivity index (χ0v) is 10.5. The van der Waals surface area contributed by atoms with Crippen LogP contribution in [0.4, 0.5) is 0 Å². The highest BCUT2D eigenvalue weighted by Gasteiger charge is 2.03. The lowest BCUT2D eigenvalue weighted by molar-refractivity contribution is 0.0953. The first kappa shape index (κ1) is 13.5. The largest absolute Gasteiger partial charge is 0.352 e. The Balaban J connectivity index is 2.33. The minimum absolute atomic E-state index is 0.0112. The van der Waals surface area contributed by atoms with Gasteiger partial charge in [0.2, 0.25) is 0 Å². The predicted octanol–water partition coefficient (Wildman–Crippen LogP) is 3.64. The first-order chi connectivity index (χ1) is 8.27. The number of hydrogen-bond acceptors (Lipinski definition) is 1. The Morgan fingerprint density at radius 3 is 2.53 bits per heavy atom. The molecule has 0 saturated carbocycles. The van der Waals surface area contributed by atoms with Crippen LogP contribution in [0.2, 0.25) is 0 Å². The fourth-order valence-corrected chi connectivity index (χ4v) is 1.63. The Kier molecular flexibility index (Phi) is 6.08. The van der Waals surface area contributed by atoms with Crippen molar-refractivity contribution >= 4 is 12.0 Å². The molecule has 1 aromatic carbocycles. The van der Waals surface area contributed by atoms with Gasteiger partial charge in [-0.15, -0.1) is 0 Å². The monoisotopic (exact) mass is 231 g/mol. The number of nitrogens with one attached hydrogen (secondary N) is 1. The summed E-state index contributed by atoms with van der Waals surface area (Å²) in [5, 5.41) is 2.93. The van der Waals surface area contributed by atoms with Crippen molar-refractivity contribution in [2.45, 2.75) is 32.6 Å². The lowest BCUT2D eigenvalue weighted by atomic mass is 10.1. The van der Waals surface area contributed by atoms with Crippen LogP contribution in [0.15, 0.2) is 30.8 Å². The summed E-state index contributed by atoms with van der Waals surface area (Å²) in [5.74, 6) is 0.0112. The lowest BCUT2D eigenvalue weighted by Gasteiger charge is -2.05. The van der Waals surface area contributed by atoms with Gasteiger partial charge in [0.1, 0.15) is 0 Å². The van der Waals surface area contributed by atoms with Crippen molar-refractivity contribution in [1.82, 2.24) is 5.32 Å². The molecule has 0 atom stereocenters. The van der Waals surface area contributed by atoms with Gasteiger partial charge in [-0.1, -0.05) is 51.0 Å². The minimum Gasteiger partial charge on any atom is -0.352 e. The van der Waals surface area contributed by atoms with Gasteiger partial charge in [-0.2, -0.15) is 0 Å². The van der Waals surface area contributed by atoms with E-state index in [-0.39, 0.29) is 5.91 Å². The van der Waals surface area contributed by atoms with E-state index in [0.29, 0.717) is 5.56 Å². The number of rotatable bonds is 7. The maximum absolute atomic E-state index is 11.7. The molecule has 0 spiro atoms. The Hall–Kier alpha value is -1.57. The van der Waals surface area contributed by atoms with E-state index in [9.17, 15) is 4.79 Å². The van der Waals surface area contributed by atoms with Gasteiger partial charge in [0, 0.05) is 12.1 Å². The summed E-state index contributed by atoms with van der Waals surface area (Å²) in [7, 11) is 0. The highest BCUT2D eigenvalue weighted by atomic mass is 16.1. The molecule has 17 heavy (non-hydrogen) atoms. The average Bonchev–Trinajstić information content (AvgIpc) is 2.38. The van der Waals surface area contributed by atoms with E-state index in [1.165, 1.54) is 19.3 Å². The van der Waals surface area contributed by atoms with E-state index in [4.69, 9.17) is 0 Å². The number of hydrogen-bond donors (Lipinski definition) is 1. The first-order valence-corrected chi connectivity index (χ1v) is 6.28. The fourth-order valence-electron chi connectivity index (χ4n) is 1.63. The third kappa shape index (κ3) is 4.85. The SMILES string of the molecule is C=Cc1ccc(C(=O)NCCCCCC)cc1. The van der Waals surface area contributed by atoms with Crippen molar-refractivity contribution < 1.29 is 4.79 Å². The molecule has 0 heterocycles. The van der Waals surface area contributed by atoms with Crippen LogP contribution in [-0.4, -0.2) is 12.5 Å². The van der Waals surface area contributed by atoms with Crippen LogP contribution in [0, 0.1) is 0 Å². The van der Waals surface area contributed by atoms with E-state index >= 15 is 0 Å². The maximum atomic E-state index is 11.7. The van der Waals surface area contributed by atoms with Crippen LogP contribution >= 0.6 is 0 Å². The summed E-state index contributed by atoms with van der Waals surface area (Å²) in [6.07, 6.45) is 6.48. The van der Waals surface area contributed by atoms with Gasteiger partial charge in [-0.3, -0.25) is 4.79 Å². The molecule has 0 radical (unpaired) electrons. The number of unbranched alkanes of at least 4 members (excludes halogenated alkanes) is 3. The average molecular weight is 231 g/mol. The van der Waals surface area contributed by atoms with Gasteiger partial charge in [-0.25, -0.2) is 0 Å². The smallest absolute Gasteiger partial charge is 0.251 e. The molecular formula is C15H21NO. The third-order valence-electron chi connectivity index (χ3n) is 2.72. The number of carbonyl (C=O) groups is 1. The van der Waals surface area contributed by atoms with Crippen LogP contribution in [0.1, 0.15) is 48.5 Å². The second-order valence-corrected chi connectivity index (χ2v) is 4.14. The van der Waals surface area contributed by atoms with Crippen molar-refractivity contribution in [2.75, 3.05) is 6.54 Å². The molecule has 1 rings (SSSR count). The summed E-state index contributed by atoms with van der Waals surface area (Å²) in [4.78, 5) is 11.7. The second-order valence-electron chi connectivity index (χ2n) is 4.14. The van der Waals surface area contributed by atoms with Gasteiger partial charge in [0.15, 0.2) is 0 Å². The van der Waals surface area contributed by atoms with E-state index in [2.05, 4.69) is 18.8 Å². The highest BCUT2D eigenvalue weighted by molar-refractivity contribution is 5.94. The van der Waals surface area contributed by atoms with E-state index in [0.717, 1.165) is 18.5 Å². The van der Waals surface area contributed by atoms with Gasteiger partial charge in [0.05, 0.1) is 0 Å². The van der Waals surface area contributed by atoms with Crippen molar-refractivity contribution in [2.24, 2.45) is 0 Å². The quantitative estimate of drug-likeness (QED) is 0.713. The summed E-state index contributed by atoms with van der Waals surface area (Å²) in [5.41, 5.74) is 1.75. The zero-order valence-electron chi connectivity index (χ0n) is 10.5. The molecule has 0 aliphatic rings. The normalized spacial score (nSPS) is 9.94. The van der Waals surface area contributed by atoms with Crippen molar-refractivity contribution in [3.05, 3.63) is 42.0 Å². The Morgan fingerprint density at radius 2 is 1.94 bits per heavy atom. The van der Waals surface area contributed by atoms with Crippen LogP contribution in [0.25, 0.3) is 6.08 Å². The Morgan fingerprint density at radius 1 is 1.24 bits per heavy atom. The summed E-state index contributed by atoms with van der Waals surface area (Å²) < 4.78 is 0. The molecule has 1 amide bonds. The molecule has 0 unspecified atom stereocenters. The van der Waals surface area contributed by atoms with E-state index in [1.54, 1.807) is 6.08 Å². The molecular weight excluding hydrogens is 210 g/mol. The number of amides is 1. The number of benzene rings is 1. The first-order valence-electron chi connectivity index (χ1n) is 6.28. The lowest BCUT2D eigenvalue weighted by Crippen LogP contribution is -2.24. The molecule has 0 aliphatic heterocycles. The molecule has 1 aromatic rings. The molecule has 0 bridgehead atoms. The van der Waals surface area contributed by atoms with Crippen LogP contribution in [0.5, 0.6) is 0 Å². The maximum Gasteiger partial charge on any atom is 0.251 e. The highest BCUT2D eigenvalue weighted by Crippen LogP contribution is 2.05. The van der Waals surface area contributed by atoms with Crippen molar-refractivity contribution in [1.29, 1.82) is 0 Å². The summed E-state index contributed by atoms with van der Waals surface area (Å²) in [6.45, 7) is 6.63. The fraction of sp³-hybridized carbons (Fsp3) is 0.400. The van der Waals surface area contributed by atoms with Crippen molar-refractivity contribution in [3.63, 3.8) is 0 Å². The Labute approximate surface area is 104 Å². The van der Waals surface area contributed by atoms with Crippen LogP contribution in [-0.2, 0) is 0 Å². The van der Waals surface area contributed by atoms with Gasteiger partial charge in [-0.05, 0) is 24.1 Å². The third-order valence-corrected chi connectivity index (χ3v) is 2.72. The van der Waals surface area contributed by atoms with E-state index < -0.39 is 0 Å². The molecule has 1 N–H and O–H groups in total. The van der Waals surface area contributed by atoms with Crippen LogP contribution < -0.4 is 5.32 Å². The topological polar surface area (TPSA) is 29.1 Å². The number of carbonyl (C=O) groups excluding carboxylic acids is 1. The van der Waals surface area contributed by atoms with Gasteiger partial charge in [0.25, 0.3) is 5.91 Å². The zero-order chi connectivity index (χ0) is 12.5. The molecule has 92 valence electrons. The van der Waals surface area contributed by atoms with Crippen LogP contribution in [0.3, 0.4) is 0 Å². The standard InChI is InChI=1S/C15H21NO/c1-3-5-6-7-12-16-15(17)14-10-8-13(4-2)9-11-14/h4,8-11H,2-3,5-7,12H2,1H3,(H,16,17). The van der Waals surface area contributed by atoms with Gasteiger partial charge < -0.3 is 5.32 Å². The molecule has 2 nitrogen and oxygen atoms in total. The summed E-state index contributed by atoms with van der Waals surface area (Å²) in [6, 6.07) is 7.47. The van der Waals surface area contributed by atoms with Gasteiger partial charge >= 0.3 is 0 Å². The van der Waals surface area contributed by atoms with Crippen molar-refractivity contribution in [3.8, 4) is 0 Å². The molecule has 0 aliphatic carbocycles. The molecule has 0 fully saturated rings. The molecule has 0 saturated heterocycles. The van der Waals surface area contributed by atoms with E-state index in [1.807, 2.05) is 24.3 Å². The summed E-state index contributed by atoms with van der Waals surface area (Å²) >= 11 is 0. The Bertz CT molecular complexity index is 354. The predicted molar refractivity (Wildman–Crippen MR) is 73.0 cm³/mol. The molecule has 2 heteroatoms. The minimum atomic E-state index is 0.0112.